The van der Waals surface area contributed by atoms with Crippen LogP contribution >= 0.6 is 0 Å². The predicted molar refractivity (Wildman–Crippen MR) is 115 cm³/mol. The zero-order valence-corrected chi connectivity index (χ0v) is 18.2. The second-order valence-electron chi connectivity index (χ2n) is 8.46. The molecule has 1 saturated heterocycles. The van der Waals surface area contributed by atoms with Crippen molar-refractivity contribution in [2.45, 2.75) is 129 Å². The summed E-state index contributed by atoms with van der Waals surface area (Å²) in [6.45, 7) is 6.47. The first-order chi connectivity index (χ1) is 13.0. The average molecular weight is 378 g/mol. The van der Waals surface area contributed by atoms with E-state index in [0.29, 0.717) is 12.8 Å². The predicted octanol–water partition coefficient (Wildman–Crippen LogP) is 6.95. The van der Waals surface area contributed by atoms with Gasteiger partial charge in [-0.3, -0.25) is 14.5 Å². The van der Waals surface area contributed by atoms with E-state index >= 15 is 0 Å². The van der Waals surface area contributed by atoms with Crippen molar-refractivity contribution in [3.63, 3.8) is 0 Å². The Morgan fingerprint density at radius 1 is 0.778 bits per heavy atom. The van der Waals surface area contributed by atoms with Gasteiger partial charge in [0.15, 0.2) is 0 Å². The molecule has 0 bridgehead atoms. The number of likely N-dealkylation sites (tertiary alicyclic amines) is 1. The van der Waals surface area contributed by atoms with E-state index in [1.807, 2.05) is 0 Å². The fourth-order valence-corrected chi connectivity index (χ4v) is 4.04. The van der Waals surface area contributed by atoms with Gasteiger partial charge in [-0.2, -0.15) is 0 Å². The van der Waals surface area contributed by atoms with Crippen LogP contribution in [0.2, 0.25) is 0 Å². The third kappa shape index (κ3) is 9.08. The lowest BCUT2D eigenvalue weighted by atomic mass is 9.91. The Morgan fingerprint density at radius 2 is 1.26 bits per heavy atom. The van der Waals surface area contributed by atoms with Crippen LogP contribution < -0.4 is 0 Å². The van der Waals surface area contributed by atoms with Crippen LogP contribution in [0.3, 0.4) is 0 Å². The third-order valence-corrected chi connectivity index (χ3v) is 5.80. The van der Waals surface area contributed by atoms with Gasteiger partial charge >= 0.3 is 0 Å². The van der Waals surface area contributed by atoms with Crippen LogP contribution in [-0.2, 0) is 9.59 Å². The Bertz CT molecular complexity index is 441. The second kappa shape index (κ2) is 14.0. The number of imide groups is 1. The topological polar surface area (TPSA) is 37.4 Å². The summed E-state index contributed by atoms with van der Waals surface area (Å²) in [5, 5.41) is 0. The summed E-state index contributed by atoms with van der Waals surface area (Å²) in [6.07, 6.45) is 22.6. The monoisotopic (exact) mass is 377 g/mol. The number of nitrogens with zero attached hydrogens (tertiary/aromatic N) is 1. The summed E-state index contributed by atoms with van der Waals surface area (Å²) >= 11 is 0. The minimum atomic E-state index is -0.431. The Balaban J connectivity index is 2.27. The van der Waals surface area contributed by atoms with Crippen LogP contribution in [0.25, 0.3) is 0 Å². The molecular weight excluding hydrogens is 334 g/mol. The van der Waals surface area contributed by atoms with Crippen molar-refractivity contribution in [3.8, 4) is 0 Å². The average Bonchev–Trinajstić information content (AvgIpc) is 3.00. The normalized spacial score (nSPS) is 17.2. The molecule has 0 aromatic carbocycles. The Kier molecular flexibility index (Phi) is 12.4. The fraction of sp³-hybridized carbons (Fsp3) is 0.833. The zero-order chi connectivity index (χ0) is 20.0. The van der Waals surface area contributed by atoms with Gasteiger partial charge in [0.2, 0.25) is 11.8 Å². The highest BCUT2D eigenvalue weighted by Crippen LogP contribution is 2.30. The smallest absolute Gasteiger partial charge is 0.230 e. The molecule has 1 aliphatic heterocycles. The molecule has 0 aromatic rings. The maximum atomic E-state index is 12.2. The highest BCUT2D eigenvalue weighted by atomic mass is 16.2. The standard InChI is InChI=1S/C24H43NO2/c1-4-6-8-9-10-11-12-13-14-15-16-17-21-24(3,20-7-5-2)25-22(26)18-19-23(25)27/h17,21H,4-16,18-20H2,1-3H3/b21-17+. The van der Waals surface area contributed by atoms with Crippen molar-refractivity contribution in [2.24, 2.45) is 0 Å². The summed E-state index contributed by atoms with van der Waals surface area (Å²) in [5.74, 6) is 0.00406. The molecule has 27 heavy (non-hydrogen) atoms. The van der Waals surface area contributed by atoms with Crippen molar-refractivity contribution in [3.05, 3.63) is 12.2 Å². The van der Waals surface area contributed by atoms with Crippen molar-refractivity contribution < 1.29 is 9.59 Å². The van der Waals surface area contributed by atoms with Gasteiger partial charge in [0.25, 0.3) is 0 Å². The number of unbranched alkanes of at least 4 members (excludes halogenated alkanes) is 11. The molecule has 0 radical (unpaired) electrons. The maximum absolute atomic E-state index is 12.2. The lowest BCUT2D eigenvalue weighted by molar-refractivity contribution is -0.143. The van der Waals surface area contributed by atoms with Crippen LogP contribution in [0.5, 0.6) is 0 Å². The molecule has 1 heterocycles. The van der Waals surface area contributed by atoms with E-state index in [4.69, 9.17) is 0 Å². The number of carbonyl (C=O) groups is 2. The van der Waals surface area contributed by atoms with Gasteiger partial charge < -0.3 is 0 Å². The van der Waals surface area contributed by atoms with E-state index in [-0.39, 0.29) is 11.8 Å². The molecule has 0 N–H and O–H groups in total. The van der Waals surface area contributed by atoms with Crippen molar-refractivity contribution in [1.29, 1.82) is 0 Å². The quantitative estimate of drug-likeness (QED) is 0.166. The minimum Gasteiger partial charge on any atom is -0.274 e. The SMILES string of the molecule is CCCCCCCCCCCC/C=C/C(C)(CCCC)N1C(=O)CCC1=O. The molecule has 3 heteroatoms. The van der Waals surface area contributed by atoms with E-state index in [1.54, 1.807) is 0 Å². The molecule has 1 fully saturated rings. The van der Waals surface area contributed by atoms with Gasteiger partial charge in [0, 0.05) is 12.8 Å². The van der Waals surface area contributed by atoms with E-state index in [1.165, 1.54) is 69.1 Å². The number of amides is 2. The molecule has 1 atom stereocenters. The lowest BCUT2D eigenvalue weighted by Crippen LogP contribution is -2.48. The van der Waals surface area contributed by atoms with Crippen LogP contribution in [-0.4, -0.2) is 22.3 Å². The molecule has 1 rings (SSSR count). The molecule has 3 nitrogen and oxygen atoms in total. The molecule has 0 aromatic heterocycles. The minimum absolute atomic E-state index is 0.00203. The molecule has 1 aliphatic rings. The van der Waals surface area contributed by atoms with Gasteiger partial charge in [-0.25, -0.2) is 0 Å². The first-order valence-corrected chi connectivity index (χ1v) is 11.6. The second-order valence-corrected chi connectivity index (χ2v) is 8.46. The molecule has 0 spiro atoms. The van der Waals surface area contributed by atoms with E-state index < -0.39 is 5.54 Å². The molecule has 0 aliphatic carbocycles. The van der Waals surface area contributed by atoms with Gasteiger partial charge in [-0.15, -0.1) is 0 Å². The van der Waals surface area contributed by atoms with Gasteiger partial charge in [0.1, 0.15) is 0 Å². The van der Waals surface area contributed by atoms with E-state index in [0.717, 1.165) is 25.7 Å². The molecule has 2 amide bonds. The highest BCUT2D eigenvalue weighted by Gasteiger charge is 2.40. The zero-order valence-electron chi connectivity index (χ0n) is 18.2. The van der Waals surface area contributed by atoms with E-state index in [2.05, 4.69) is 32.9 Å². The number of rotatable bonds is 16. The Morgan fingerprint density at radius 3 is 1.78 bits per heavy atom. The highest BCUT2D eigenvalue weighted by molar-refractivity contribution is 6.03. The van der Waals surface area contributed by atoms with Crippen molar-refractivity contribution in [2.75, 3.05) is 0 Å². The largest absolute Gasteiger partial charge is 0.274 e. The van der Waals surface area contributed by atoms with Crippen LogP contribution in [0.1, 0.15) is 124 Å². The summed E-state index contributed by atoms with van der Waals surface area (Å²) in [7, 11) is 0. The van der Waals surface area contributed by atoms with Crippen molar-refractivity contribution in [1.82, 2.24) is 4.90 Å². The molecule has 0 saturated carbocycles. The summed E-state index contributed by atoms with van der Waals surface area (Å²) < 4.78 is 0. The number of carbonyl (C=O) groups excluding carboxylic acids is 2. The number of hydrogen-bond acceptors (Lipinski definition) is 2. The first-order valence-electron chi connectivity index (χ1n) is 11.6. The van der Waals surface area contributed by atoms with Gasteiger partial charge in [-0.1, -0.05) is 96.6 Å². The molecule has 156 valence electrons. The van der Waals surface area contributed by atoms with Gasteiger partial charge in [0.05, 0.1) is 5.54 Å². The van der Waals surface area contributed by atoms with Crippen LogP contribution in [0, 0.1) is 0 Å². The lowest BCUT2D eigenvalue weighted by Gasteiger charge is -2.35. The summed E-state index contributed by atoms with van der Waals surface area (Å²) in [6, 6.07) is 0. The van der Waals surface area contributed by atoms with E-state index in [9.17, 15) is 9.59 Å². The Hall–Kier alpha value is -1.12. The van der Waals surface area contributed by atoms with Gasteiger partial charge in [-0.05, 0) is 26.2 Å². The summed E-state index contributed by atoms with van der Waals surface area (Å²) in [5.41, 5.74) is -0.431. The number of hydrogen-bond donors (Lipinski definition) is 0. The summed E-state index contributed by atoms with van der Waals surface area (Å²) in [4.78, 5) is 25.9. The number of allylic oxidation sites excluding steroid dienone is 1. The molecular formula is C24H43NO2. The Labute approximate surface area is 168 Å². The maximum Gasteiger partial charge on any atom is 0.230 e. The molecule has 1 unspecified atom stereocenters. The fourth-order valence-electron chi connectivity index (χ4n) is 4.04. The van der Waals surface area contributed by atoms with Crippen LogP contribution in [0.15, 0.2) is 12.2 Å². The third-order valence-electron chi connectivity index (χ3n) is 5.80. The van der Waals surface area contributed by atoms with Crippen molar-refractivity contribution >= 4 is 11.8 Å². The van der Waals surface area contributed by atoms with Crippen LogP contribution in [0.4, 0.5) is 0 Å². The first kappa shape index (κ1) is 23.9.